The van der Waals surface area contributed by atoms with E-state index < -0.39 is 0 Å². The van der Waals surface area contributed by atoms with E-state index in [1.165, 1.54) is 86.6 Å². The molecule has 236 valence electrons. The second-order valence-corrected chi connectivity index (χ2v) is 14.9. The summed E-state index contributed by atoms with van der Waals surface area (Å²) in [6, 6.07) is 44.9. The van der Waals surface area contributed by atoms with Crippen LogP contribution in [0.15, 0.2) is 156 Å². The lowest BCUT2D eigenvalue weighted by Gasteiger charge is -2.29. The predicted octanol–water partition coefficient (Wildman–Crippen LogP) is 13.7. The highest BCUT2D eigenvalue weighted by molar-refractivity contribution is 7.19. The highest BCUT2D eigenvalue weighted by Crippen LogP contribution is 2.58. The lowest BCUT2D eigenvalue weighted by molar-refractivity contribution is 0.557. The maximum Gasteiger partial charge on any atom is 0.140 e. The van der Waals surface area contributed by atoms with Gasteiger partial charge >= 0.3 is 0 Å². The average molecular weight is 657 g/mol. The van der Waals surface area contributed by atoms with E-state index in [4.69, 9.17) is 4.42 Å². The standard InChI is InChI=1S/C48H32OS/c1-2-13-29(14-3-1)43-33-17-4-6-19-35(33)44(36-20-7-5-18-34(36)43)32-16-12-15-30(27-32)31-25-26-42-40(28-31)46-47-45(39-23-10-11-24-41(39)49-47)37-21-8-9-22-38(37)48(46)50-42/h1-9,11-22,24-28,37-38H,10,23H2. The lowest BCUT2D eigenvalue weighted by Crippen LogP contribution is -2.15. The van der Waals surface area contributed by atoms with E-state index in [1.807, 2.05) is 11.3 Å². The van der Waals surface area contributed by atoms with Crippen LogP contribution < -0.4 is 0 Å². The molecule has 2 aromatic heterocycles. The van der Waals surface area contributed by atoms with Crippen LogP contribution in [0.25, 0.3) is 82.4 Å². The quantitative estimate of drug-likeness (QED) is 0.173. The Morgan fingerprint density at radius 1 is 0.540 bits per heavy atom. The zero-order valence-corrected chi connectivity index (χ0v) is 28.2. The Labute approximate surface area is 295 Å². The van der Waals surface area contributed by atoms with Crippen molar-refractivity contribution < 1.29 is 4.42 Å². The molecule has 0 amide bonds. The van der Waals surface area contributed by atoms with Gasteiger partial charge in [0.25, 0.3) is 0 Å². The first-order valence-electron chi connectivity index (χ1n) is 17.7. The highest BCUT2D eigenvalue weighted by atomic mass is 32.1. The van der Waals surface area contributed by atoms with E-state index in [9.17, 15) is 0 Å². The second kappa shape index (κ2) is 10.9. The number of allylic oxidation sites excluding steroid dienone is 5. The first-order valence-corrected chi connectivity index (χ1v) is 18.5. The third-order valence-corrected chi connectivity index (χ3v) is 12.4. The van der Waals surface area contributed by atoms with Gasteiger partial charge in [0, 0.05) is 43.5 Å². The van der Waals surface area contributed by atoms with E-state index >= 15 is 0 Å². The molecule has 2 heterocycles. The van der Waals surface area contributed by atoms with Crippen molar-refractivity contribution in [2.45, 2.75) is 24.7 Å². The predicted molar refractivity (Wildman–Crippen MR) is 212 cm³/mol. The SMILES string of the molecule is C1=CC2c3sc4ccc(-c5cccc(-c6c7ccccc7c(-c7ccccc7)c7ccccc67)c5)cc4c3-c3oc4c(c3C2C=C1)CCC=C4. The summed E-state index contributed by atoms with van der Waals surface area (Å²) < 4.78 is 8.10. The Morgan fingerprint density at radius 3 is 1.94 bits per heavy atom. The summed E-state index contributed by atoms with van der Waals surface area (Å²) >= 11 is 1.94. The molecule has 2 atom stereocenters. The summed E-state index contributed by atoms with van der Waals surface area (Å²) in [5.74, 6) is 2.83. The third-order valence-electron chi connectivity index (χ3n) is 11.1. The second-order valence-electron chi connectivity index (χ2n) is 13.8. The zero-order valence-electron chi connectivity index (χ0n) is 27.4. The molecule has 50 heavy (non-hydrogen) atoms. The van der Waals surface area contributed by atoms with Gasteiger partial charge in [-0.05, 0) is 92.0 Å². The number of rotatable bonds is 3. The van der Waals surface area contributed by atoms with Crippen molar-refractivity contribution in [3.63, 3.8) is 0 Å². The van der Waals surface area contributed by atoms with Gasteiger partial charge in [-0.3, -0.25) is 0 Å². The fraction of sp³-hybridized carbons (Fsp3) is 0.0833. The minimum absolute atomic E-state index is 0.337. The van der Waals surface area contributed by atoms with Crippen LogP contribution in [0.4, 0.5) is 0 Å². The molecule has 11 rings (SSSR count). The summed E-state index contributed by atoms with van der Waals surface area (Å²) in [6.45, 7) is 0. The van der Waals surface area contributed by atoms with Crippen LogP contribution in [0, 0.1) is 0 Å². The number of benzene rings is 6. The molecule has 1 nitrogen and oxygen atoms in total. The van der Waals surface area contributed by atoms with Gasteiger partial charge in [-0.25, -0.2) is 0 Å². The molecule has 6 aromatic carbocycles. The molecule has 0 spiro atoms. The molecule has 0 saturated heterocycles. The van der Waals surface area contributed by atoms with Crippen molar-refractivity contribution in [1.82, 2.24) is 0 Å². The van der Waals surface area contributed by atoms with Gasteiger partial charge in [0.2, 0.25) is 0 Å². The van der Waals surface area contributed by atoms with Crippen molar-refractivity contribution >= 4 is 49.0 Å². The fourth-order valence-corrected chi connectivity index (χ4v) is 10.3. The maximum atomic E-state index is 6.78. The molecule has 0 fully saturated rings. The van der Waals surface area contributed by atoms with E-state index in [2.05, 4.69) is 158 Å². The fourth-order valence-electron chi connectivity index (χ4n) is 8.95. The molecular formula is C48H32OS. The van der Waals surface area contributed by atoms with Gasteiger partial charge < -0.3 is 4.42 Å². The number of fused-ring (bicyclic) bond motifs is 12. The summed E-state index contributed by atoms with van der Waals surface area (Å²) in [7, 11) is 0. The van der Waals surface area contributed by atoms with Crippen molar-refractivity contribution in [1.29, 1.82) is 0 Å². The van der Waals surface area contributed by atoms with Gasteiger partial charge in [-0.1, -0.05) is 134 Å². The minimum Gasteiger partial charge on any atom is -0.456 e. The Morgan fingerprint density at radius 2 is 1.18 bits per heavy atom. The normalized spacial score (nSPS) is 17.2. The van der Waals surface area contributed by atoms with Crippen molar-refractivity contribution in [3.05, 3.63) is 173 Å². The number of furan rings is 1. The van der Waals surface area contributed by atoms with Crippen LogP contribution in [0.2, 0.25) is 0 Å². The molecule has 3 aliphatic carbocycles. The highest BCUT2D eigenvalue weighted by Gasteiger charge is 2.40. The van der Waals surface area contributed by atoms with Crippen LogP contribution in [0.1, 0.15) is 40.0 Å². The largest absolute Gasteiger partial charge is 0.456 e. The maximum absolute atomic E-state index is 6.78. The molecule has 0 bridgehead atoms. The molecule has 2 heteroatoms. The van der Waals surface area contributed by atoms with Crippen molar-refractivity contribution in [2.24, 2.45) is 0 Å². The molecule has 0 radical (unpaired) electrons. The van der Waals surface area contributed by atoms with Crippen LogP contribution in [0.3, 0.4) is 0 Å². The van der Waals surface area contributed by atoms with Crippen LogP contribution in [-0.4, -0.2) is 0 Å². The van der Waals surface area contributed by atoms with Gasteiger partial charge in [0.05, 0.1) is 0 Å². The van der Waals surface area contributed by atoms with Gasteiger partial charge in [-0.15, -0.1) is 11.3 Å². The summed E-state index contributed by atoms with van der Waals surface area (Å²) in [6.07, 6.45) is 15.8. The first kappa shape index (κ1) is 28.2. The Hall–Kier alpha value is -5.70. The molecule has 2 unspecified atom stereocenters. The van der Waals surface area contributed by atoms with Crippen molar-refractivity contribution in [3.8, 4) is 44.7 Å². The van der Waals surface area contributed by atoms with E-state index in [0.717, 1.165) is 24.4 Å². The van der Waals surface area contributed by atoms with E-state index in [1.54, 1.807) is 0 Å². The summed E-state index contributed by atoms with van der Waals surface area (Å²) in [4.78, 5) is 1.43. The lowest BCUT2D eigenvalue weighted by atomic mass is 9.73. The van der Waals surface area contributed by atoms with Crippen molar-refractivity contribution in [2.75, 3.05) is 0 Å². The Balaban J connectivity index is 1.11. The van der Waals surface area contributed by atoms with Gasteiger partial charge in [-0.2, -0.15) is 0 Å². The molecule has 0 aliphatic heterocycles. The Kier molecular flexibility index (Phi) is 6.14. The third kappa shape index (κ3) is 4.06. The molecular weight excluding hydrogens is 625 g/mol. The topological polar surface area (TPSA) is 13.1 Å². The molecule has 8 aromatic rings. The van der Waals surface area contributed by atoms with Crippen LogP contribution >= 0.6 is 11.3 Å². The molecule has 0 N–H and O–H groups in total. The number of hydrogen-bond donors (Lipinski definition) is 0. The van der Waals surface area contributed by atoms with Gasteiger partial charge in [0.1, 0.15) is 11.5 Å². The Bertz CT molecular complexity index is 2710. The average Bonchev–Trinajstić information content (AvgIpc) is 3.76. The minimum atomic E-state index is 0.337. The summed E-state index contributed by atoms with van der Waals surface area (Å²) in [5.41, 5.74) is 11.6. The van der Waals surface area contributed by atoms with E-state index in [-0.39, 0.29) is 0 Å². The smallest absolute Gasteiger partial charge is 0.140 e. The molecule has 3 aliphatic rings. The number of hydrogen-bond acceptors (Lipinski definition) is 2. The number of thiophene rings is 1. The summed E-state index contributed by atoms with van der Waals surface area (Å²) in [5, 5.41) is 6.41. The van der Waals surface area contributed by atoms with Crippen LogP contribution in [-0.2, 0) is 6.42 Å². The first-order chi connectivity index (χ1) is 24.8. The zero-order chi connectivity index (χ0) is 32.8. The monoisotopic (exact) mass is 656 g/mol. The van der Waals surface area contributed by atoms with Crippen LogP contribution in [0.5, 0.6) is 0 Å². The van der Waals surface area contributed by atoms with Gasteiger partial charge in [0.15, 0.2) is 0 Å². The molecule has 0 saturated carbocycles. The van der Waals surface area contributed by atoms with E-state index in [0.29, 0.717) is 11.8 Å².